The molecule has 1 N–H and O–H groups in total. The van der Waals surface area contributed by atoms with E-state index >= 15 is 0 Å². The van der Waals surface area contributed by atoms with Crippen LogP contribution in [0.3, 0.4) is 0 Å². The van der Waals surface area contributed by atoms with Crippen molar-refractivity contribution in [1.82, 2.24) is 10.2 Å². The van der Waals surface area contributed by atoms with Gasteiger partial charge in [-0.3, -0.25) is 9.69 Å². The highest BCUT2D eigenvalue weighted by molar-refractivity contribution is 7.10. The summed E-state index contributed by atoms with van der Waals surface area (Å²) in [6.45, 7) is 6.79. The summed E-state index contributed by atoms with van der Waals surface area (Å²) in [5, 5.41) is 14.4. The normalized spacial score (nSPS) is 28.8. The van der Waals surface area contributed by atoms with E-state index < -0.39 is 0 Å². The molecule has 1 spiro atoms. The fraction of sp³-hybridized carbons (Fsp3) is 0.714. The van der Waals surface area contributed by atoms with Crippen molar-refractivity contribution in [3.8, 4) is 6.07 Å². The average Bonchev–Trinajstić information content (AvgIpc) is 3.05. The predicted molar refractivity (Wildman–Crippen MR) is 105 cm³/mol. The second-order valence-corrected chi connectivity index (χ2v) is 10.1. The molecule has 2 saturated carbocycles. The SMILES string of the molecule is CC1(C)CCC1NC(=O)CC1CN(Cc2csc(C#N)c2)C2(CCC2)CO1. The summed E-state index contributed by atoms with van der Waals surface area (Å²) >= 11 is 1.51. The maximum atomic E-state index is 12.5. The van der Waals surface area contributed by atoms with Crippen LogP contribution in [0.1, 0.15) is 62.8 Å². The lowest BCUT2D eigenvalue weighted by atomic mass is 9.67. The van der Waals surface area contributed by atoms with Gasteiger partial charge >= 0.3 is 0 Å². The number of rotatable bonds is 5. The molecule has 2 unspecified atom stereocenters. The van der Waals surface area contributed by atoms with Crippen LogP contribution in [0.5, 0.6) is 0 Å². The van der Waals surface area contributed by atoms with Crippen LogP contribution in [0, 0.1) is 16.7 Å². The van der Waals surface area contributed by atoms with Crippen LogP contribution in [0.4, 0.5) is 0 Å². The first kappa shape index (κ1) is 18.9. The van der Waals surface area contributed by atoms with Gasteiger partial charge in [0.25, 0.3) is 0 Å². The molecule has 5 nitrogen and oxygen atoms in total. The minimum atomic E-state index is -0.0477. The maximum Gasteiger partial charge on any atom is 0.222 e. The standard InChI is InChI=1S/C21H29N3O2S/c1-20(2)7-4-18(20)23-19(25)9-16-12-24(21(14-26-16)5-3-6-21)11-15-8-17(10-22)27-13-15/h8,13,16,18H,3-7,9,11-12,14H2,1-2H3,(H,23,25). The van der Waals surface area contributed by atoms with Crippen LogP contribution in [-0.2, 0) is 16.1 Å². The maximum absolute atomic E-state index is 12.5. The number of thiophene rings is 1. The number of morpholine rings is 1. The summed E-state index contributed by atoms with van der Waals surface area (Å²) in [6.07, 6.45) is 6.22. The lowest BCUT2D eigenvalue weighted by Gasteiger charge is -2.54. The molecule has 27 heavy (non-hydrogen) atoms. The van der Waals surface area contributed by atoms with Crippen LogP contribution in [0.15, 0.2) is 11.4 Å². The minimum absolute atomic E-state index is 0.0477. The van der Waals surface area contributed by atoms with Gasteiger partial charge in [0, 0.05) is 24.7 Å². The van der Waals surface area contributed by atoms with Crippen molar-refractivity contribution in [2.24, 2.45) is 5.41 Å². The zero-order chi connectivity index (χ0) is 19.1. The van der Waals surface area contributed by atoms with Crippen LogP contribution < -0.4 is 5.32 Å². The highest BCUT2D eigenvalue weighted by Gasteiger charge is 2.47. The summed E-state index contributed by atoms with van der Waals surface area (Å²) in [6, 6.07) is 4.52. The Morgan fingerprint density at radius 2 is 2.26 bits per heavy atom. The Labute approximate surface area is 165 Å². The van der Waals surface area contributed by atoms with E-state index in [1.54, 1.807) is 0 Å². The third-order valence-corrected chi connectivity index (χ3v) is 7.76. The number of hydrogen-bond acceptors (Lipinski definition) is 5. The zero-order valence-corrected chi connectivity index (χ0v) is 17.1. The Bertz CT molecular complexity index is 747. The van der Waals surface area contributed by atoms with Crippen molar-refractivity contribution in [2.45, 2.75) is 76.6 Å². The second kappa shape index (κ2) is 7.20. The molecule has 2 aliphatic carbocycles. The van der Waals surface area contributed by atoms with Crippen molar-refractivity contribution in [3.05, 3.63) is 21.9 Å². The Morgan fingerprint density at radius 3 is 2.81 bits per heavy atom. The van der Waals surface area contributed by atoms with E-state index in [2.05, 4.69) is 35.5 Å². The number of hydrogen-bond donors (Lipinski definition) is 1. The Kier molecular flexibility index (Phi) is 5.04. The largest absolute Gasteiger partial charge is 0.374 e. The molecule has 146 valence electrons. The van der Waals surface area contributed by atoms with Gasteiger partial charge in [0.05, 0.1) is 19.1 Å². The van der Waals surface area contributed by atoms with Crippen LogP contribution in [0.2, 0.25) is 0 Å². The smallest absolute Gasteiger partial charge is 0.222 e. The van der Waals surface area contributed by atoms with E-state index in [1.807, 2.05) is 6.07 Å². The predicted octanol–water partition coefficient (Wildman–Crippen LogP) is 3.44. The summed E-state index contributed by atoms with van der Waals surface area (Å²) < 4.78 is 6.13. The van der Waals surface area contributed by atoms with Crippen LogP contribution >= 0.6 is 11.3 Å². The van der Waals surface area contributed by atoms with E-state index in [1.165, 1.54) is 29.7 Å². The molecular weight excluding hydrogens is 358 g/mol. The minimum Gasteiger partial charge on any atom is -0.374 e. The molecule has 1 aliphatic heterocycles. The fourth-order valence-electron chi connectivity index (χ4n) is 4.59. The van der Waals surface area contributed by atoms with Gasteiger partial charge < -0.3 is 10.1 Å². The van der Waals surface area contributed by atoms with E-state index in [0.717, 1.165) is 43.8 Å². The highest BCUT2D eigenvalue weighted by Crippen LogP contribution is 2.42. The summed E-state index contributed by atoms with van der Waals surface area (Å²) in [5.74, 6) is 0.115. The van der Waals surface area contributed by atoms with Crippen LogP contribution in [0.25, 0.3) is 0 Å². The van der Waals surface area contributed by atoms with E-state index in [-0.39, 0.29) is 23.0 Å². The first-order chi connectivity index (χ1) is 12.9. The van der Waals surface area contributed by atoms with Gasteiger partial charge in [-0.15, -0.1) is 11.3 Å². The van der Waals surface area contributed by atoms with Gasteiger partial charge in [0.1, 0.15) is 10.9 Å². The van der Waals surface area contributed by atoms with Crippen LogP contribution in [-0.4, -0.2) is 41.6 Å². The molecule has 1 aromatic heterocycles. The van der Waals surface area contributed by atoms with Crippen molar-refractivity contribution in [2.75, 3.05) is 13.2 Å². The molecule has 4 rings (SSSR count). The summed E-state index contributed by atoms with van der Waals surface area (Å²) in [5.41, 5.74) is 1.56. The molecule has 2 heterocycles. The Hall–Kier alpha value is -1.42. The van der Waals surface area contributed by atoms with Gasteiger partial charge in [-0.2, -0.15) is 5.26 Å². The van der Waals surface area contributed by atoms with Crippen molar-refractivity contribution in [1.29, 1.82) is 5.26 Å². The van der Waals surface area contributed by atoms with Crippen molar-refractivity contribution < 1.29 is 9.53 Å². The van der Waals surface area contributed by atoms with Gasteiger partial charge in [-0.05, 0) is 54.5 Å². The monoisotopic (exact) mass is 387 g/mol. The molecule has 6 heteroatoms. The molecule has 0 bridgehead atoms. The molecule has 1 amide bonds. The fourth-order valence-corrected chi connectivity index (χ4v) is 5.28. The quantitative estimate of drug-likeness (QED) is 0.840. The number of ether oxygens (including phenoxy) is 1. The summed E-state index contributed by atoms with van der Waals surface area (Å²) in [4.78, 5) is 15.8. The molecule has 3 fully saturated rings. The highest BCUT2D eigenvalue weighted by atomic mass is 32.1. The number of nitrogens with zero attached hydrogens (tertiary/aromatic N) is 2. The first-order valence-corrected chi connectivity index (χ1v) is 10.9. The molecule has 1 aromatic rings. The van der Waals surface area contributed by atoms with Crippen molar-refractivity contribution in [3.63, 3.8) is 0 Å². The average molecular weight is 388 g/mol. The van der Waals surface area contributed by atoms with E-state index in [9.17, 15) is 4.79 Å². The van der Waals surface area contributed by atoms with Crippen molar-refractivity contribution >= 4 is 17.2 Å². The Morgan fingerprint density at radius 1 is 1.44 bits per heavy atom. The number of nitriles is 1. The van der Waals surface area contributed by atoms with E-state index in [4.69, 9.17) is 10.00 Å². The third-order valence-electron chi connectivity index (χ3n) is 6.87. The molecule has 0 aromatic carbocycles. The van der Waals surface area contributed by atoms with Gasteiger partial charge in [0.15, 0.2) is 0 Å². The van der Waals surface area contributed by atoms with Gasteiger partial charge in [-0.1, -0.05) is 13.8 Å². The first-order valence-electron chi connectivity index (χ1n) is 10.0. The number of amides is 1. The topological polar surface area (TPSA) is 65.4 Å². The number of carbonyl (C=O) groups excluding carboxylic acids is 1. The number of nitrogens with one attached hydrogen (secondary N) is 1. The molecule has 2 atom stereocenters. The molecule has 1 saturated heterocycles. The lowest BCUT2D eigenvalue weighted by molar-refractivity contribution is -0.155. The second-order valence-electron chi connectivity index (χ2n) is 9.17. The van der Waals surface area contributed by atoms with E-state index in [0.29, 0.717) is 12.5 Å². The summed E-state index contributed by atoms with van der Waals surface area (Å²) in [7, 11) is 0. The third kappa shape index (κ3) is 3.78. The molecular formula is C21H29N3O2S. The lowest BCUT2D eigenvalue weighted by Crippen LogP contribution is -2.63. The van der Waals surface area contributed by atoms with Gasteiger partial charge in [-0.25, -0.2) is 0 Å². The number of carbonyl (C=O) groups is 1. The zero-order valence-electron chi connectivity index (χ0n) is 16.3. The van der Waals surface area contributed by atoms with Gasteiger partial charge in [0.2, 0.25) is 5.91 Å². The Balaban J connectivity index is 1.36. The molecule has 3 aliphatic rings. The molecule has 0 radical (unpaired) electrons.